The van der Waals surface area contributed by atoms with Gasteiger partial charge in [0.1, 0.15) is 0 Å². The molecule has 3 aromatic rings. The molecule has 42 heavy (non-hydrogen) atoms. The Kier molecular flexibility index (Phi) is 11.0. The van der Waals surface area contributed by atoms with Crippen LogP contribution in [0.25, 0.3) is 0 Å². The topological polar surface area (TPSA) is 177 Å². The summed E-state index contributed by atoms with van der Waals surface area (Å²) >= 11 is 11.6. The van der Waals surface area contributed by atoms with Gasteiger partial charge in [0.2, 0.25) is 18.1 Å². The van der Waals surface area contributed by atoms with E-state index in [1.165, 1.54) is 72.8 Å². The molecule has 0 saturated carbocycles. The van der Waals surface area contributed by atoms with Crippen molar-refractivity contribution in [1.82, 2.24) is 10.9 Å². The van der Waals surface area contributed by atoms with E-state index in [-0.39, 0.29) is 29.0 Å². The number of carboxylic acids is 1. The molecule has 0 heterocycles. The van der Waals surface area contributed by atoms with E-state index >= 15 is 0 Å². The zero-order valence-electron chi connectivity index (χ0n) is 21.8. The van der Waals surface area contributed by atoms with Gasteiger partial charge in [-0.25, -0.2) is 14.4 Å². The van der Waals surface area contributed by atoms with Crippen molar-refractivity contribution in [2.24, 2.45) is 0 Å². The molecule has 4 N–H and O–H groups in total. The fourth-order valence-electron chi connectivity index (χ4n) is 3.25. The van der Waals surface area contributed by atoms with E-state index < -0.39 is 41.9 Å². The van der Waals surface area contributed by atoms with Crippen molar-refractivity contribution in [1.29, 1.82) is 0 Å². The highest BCUT2D eigenvalue weighted by Crippen LogP contribution is 2.17. The van der Waals surface area contributed by atoms with Gasteiger partial charge in [-0.15, -0.1) is 0 Å². The average Bonchev–Trinajstić information content (AvgIpc) is 2.98. The monoisotopic (exact) mass is 615 g/mol. The molecular weight excluding hydrogens is 593 g/mol. The van der Waals surface area contributed by atoms with Gasteiger partial charge in [0, 0.05) is 27.7 Å². The second kappa shape index (κ2) is 14.6. The smallest absolute Gasteiger partial charge is 0.349 e. The average molecular weight is 616 g/mol. The zero-order valence-corrected chi connectivity index (χ0v) is 23.3. The quantitative estimate of drug-likeness (QED) is 0.196. The number of ether oxygens (including phenoxy) is 2. The minimum atomic E-state index is -2.33. The van der Waals surface area contributed by atoms with Crippen LogP contribution in [0.15, 0.2) is 72.8 Å². The number of carbonyl (C=O) groups excluding carboxylic acids is 5. The first-order valence-corrected chi connectivity index (χ1v) is 12.9. The molecule has 0 aliphatic heterocycles. The minimum Gasteiger partial charge on any atom is -0.478 e. The molecule has 0 radical (unpaired) electrons. The van der Waals surface area contributed by atoms with E-state index in [4.69, 9.17) is 32.7 Å². The van der Waals surface area contributed by atoms with E-state index in [2.05, 4.69) is 10.7 Å². The van der Waals surface area contributed by atoms with Crippen LogP contribution in [0, 0.1) is 0 Å². The Balaban J connectivity index is 1.80. The molecule has 0 saturated heterocycles. The molecule has 14 heteroatoms. The van der Waals surface area contributed by atoms with E-state index in [0.717, 1.165) is 0 Å². The number of carboxylic acid groups (broad SMARTS) is 1. The molecule has 218 valence electrons. The van der Waals surface area contributed by atoms with Crippen LogP contribution in [0.4, 0.5) is 5.69 Å². The molecule has 3 amide bonds. The Labute approximate surface area is 248 Å². The fourth-order valence-corrected chi connectivity index (χ4v) is 3.50. The van der Waals surface area contributed by atoms with Gasteiger partial charge in [0.25, 0.3) is 11.8 Å². The number of anilines is 1. The molecule has 2 atom stereocenters. The molecule has 0 aromatic heterocycles. The lowest BCUT2D eigenvalue weighted by Crippen LogP contribution is -2.54. The number of hydrogen-bond acceptors (Lipinski definition) is 8. The Bertz CT molecular complexity index is 1480. The van der Waals surface area contributed by atoms with Gasteiger partial charge in [0.15, 0.2) is 0 Å². The van der Waals surface area contributed by atoms with Crippen molar-refractivity contribution in [3.8, 4) is 0 Å². The Morgan fingerprint density at radius 1 is 0.690 bits per heavy atom. The second-order valence-corrected chi connectivity index (χ2v) is 9.30. The summed E-state index contributed by atoms with van der Waals surface area (Å²) in [4.78, 5) is 74.7. The summed E-state index contributed by atoms with van der Waals surface area (Å²) < 4.78 is 10.2. The van der Waals surface area contributed by atoms with Crippen LogP contribution in [-0.2, 0) is 23.9 Å². The largest absolute Gasteiger partial charge is 0.478 e. The fraction of sp³-hybridized carbons (Fsp3) is 0.143. The van der Waals surface area contributed by atoms with Crippen LogP contribution in [0.5, 0.6) is 0 Å². The molecule has 0 aliphatic carbocycles. The molecule has 0 bridgehead atoms. The van der Waals surface area contributed by atoms with Gasteiger partial charge in [-0.2, -0.15) is 0 Å². The Hall–Kier alpha value is -4.94. The molecule has 0 spiro atoms. The zero-order chi connectivity index (χ0) is 30.8. The number of carbonyl (C=O) groups is 6. The van der Waals surface area contributed by atoms with Crippen LogP contribution >= 0.6 is 23.2 Å². The Morgan fingerprint density at radius 2 is 1.14 bits per heavy atom. The number of amides is 3. The van der Waals surface area contributed by atoms with Crippen molar-refractivity contribution in [2.75, 3.05) is 5.32 Å². The molecule has 3 aromatic carbocycles. The maximum Gasteiger partial charge on any atom is 0.349 e. The van der Waals surface area contributed by atoms with Crippen molar-refractivity contribution in [2.45, 2.75) is 25.6 Å². The Morgan fingerprint density at radius 3 is 1.60 bits per heavy atom. The van der Waals surface area contributed by atoms with Crippen molar-refractivity contribution in [3.05, 3.63) is 99.5 Å². The summed E-state index contributed by atoms with van der Waals surface area (Å²) in [5.41, 5.74) is 4.36. The highest BCUT2D eigenvalue weighted by Gasteiger charge is 2.41. The normalized spacial score (nSPS) is 11.8. The van der Waals surface area contributed by atoms with Crippen LogP contribution < -0.4 is 16.2 Å². The minimum absolute atomic E-state index is 0.0588. The summed E-state index contributed by atoms with van der Waals surface area (Å²) in [5, 5.41) is 13.0. The van der Waals surface area contributed by atoms with Gasteiger partial charge >= 0.3 is 17.9 Å². The molecule has 0 fully saturated rings. The molecule has 12 nitrogen and oxygen atoms in total. The van der Waals surface area contributed by atoms with Crippen LogP contribution in [0.3, 0.4) is 0 Å². The SMILES string of the molecule is CCC(=O)Nc1ccc(C(=O)NNC(=O)[C@H](OC(=O)c2ccc(Cl)cc2)[C@@H](OC(=O)c2ccc(Cl)cc2)C(=O)O)cc1. The number of aliphatic carboxylic acids is 1. The van der Waals surface area contributed by atoms with E-state index in [0.29, 0.717) is 15.7 Å². The number of hydrazine groups is 1. The lowest BCUT2D eigenvalue weighted by Gasteiger charge is -2.23. The molecule has 0 unspecified atom stereocenters. The molecular formula is C28H23Cl2N3O9. The second-order valence-electron chi connectivity index (χ2n) is 8.43. The van der Waals surface area contributed by atoms with Crippen LogP contribution in [-0.4, -0.2) is 52.9 Å². The predicted molar refractivity (Wildman–Crippen MR) is 150 cm³/mol. The third kappa shape index (κ3) is 8.78. The highest BCUT2D eigenvalue weighted by atomic mass is 35.5. The highest BCUT2D eigenvalue weighted by molar-refractivity contribution is 6.31. The maximum atomic E-state index is 13.1. The van der Waals surface area contributed by atoms with Crippen LogP contribution in [0.2, 0.25) is 10.0 Å². The summed E-state index contributed by atoms with van der Waals surface area (Å²) in [6, 6.07) is 16.1. The summed E-state index contributed by atoms with van der Waals surface area (Å²) in [7, 11) is 0. The first-order valence-electron chi connectivity index (χ1n) is 12.1. The van der Waals surface area contributed by atoms with Gasteiger partial charge in [0.05, 0.1) is 11.1 Å². The van der Waals surface area contributed by atoms with Gasteiger partial charge in [-0.3, -0.25) is 25.2 Å². The van der Waals surface area contributed by atoms with E-state index in [9.17, 15) is 33.9 Å². The summed E-state index contributed by atoms with van der Waals surface area (Å²) in [6.07, 6.45) is -4.33. The molecule has 0 aliphatic rings. The van der Waals surface area contributed by atoms with Gasteiger partial charge in [-0.05, 0) is 72.8 Å². The van der Waals surface area contributed by atoms with Gasteiger partial charge in [-0.1, -0.05) is 30.1 Å². The van der Waals surface area contributed by atoms with Crippen LogP contribution in [0.1, 0.15) is 44.4 Å². The summed E-state index contributed by atoms with van der Waals surface area (Å²) in [6.45, 7) is 1.67. The standard InChI is InChI=1S/C28H23Cl2N3O9/c1-2-21(34)31-20-13-7-15(8-14-20)24(35)32-33-25(36)22(41-27(39)16-3-9-18(29)10-4-16)23(26(37)38)42-28(40)17-5-11-19(30)12-6-17/h3-14,22-23H,2H2,1H3,(H,31,34)(H,32,35)(H,33,36)(H,37,38)/t22-,23-/m1/s1. The van der Waals surface area contributed by atoms with Crippen molar-refractivity contribution >= 4 is 64.5 Å². The van der Waals surface area contributed by atoms with E-state index in [1.807, 2.05) is 5.43 Å². The predicted octanol–water partition coefficient (Wildman–Crippen LogP) is 3.64. The third-order valence-electron chi connectivity index (χ3n) is 5.46. The number of rotatable bonds is 10. The first-order chi connectivity index (χ1) is 20.0. The summed E-state index contributed by atoms with van der Waals surface area (Å²) in [5.74, 6) is -6.51. The van der Waals surface area contributed by atoms with Gasteiger partial charge < -0.3 is 19.9 Å². The number of hydrogen-bond donors (Lipinski definition) is 4. The molecule has 3 rings (SSSR count). The van der Waals surface area contributed by atoms with Crippen molar-refractivity contribution in [3.63, 3.8) is 0 Å². The lowest BCUT2D eigenvalue weighted by molar-refractivity contribution is -0.159. The number of halogens is 2. The lowest BCUT2D eigenvalue weighted by atomic mass is 10.1. The maximum absolute atomic E-state index is 13.1. The number of benzene rings is 3. The number of esters is 2. The van der Waals surface area contributed by atoms with E-state index in [1.54, 1.807) is 6.92 Å². The third-order valence-corrected chi connectivity index (χ3v) is 5.96. The van der Waals surface area contributed by atoms with Crippen molar-refractivity contribution < 1.29 is 43.3 Å². The number of nitrogens with one attached hydrogen (secondary N) is 3. The first kappa shape index (κ1) is 31.6.